The molecule has 1 aliphatic carbocycles. The monoisotopic (exact) mass is 565 g/mol. The summed E-state index contributed by atoms with van der Waals surface area (Å²) in [5, 5.41) is 8.93. The van der Waals surface area contributed by atoms with E-state index in [1.54, 1.807) is 30.3 Å². The van der Waals surface area contributed by atoms with E-state index in [4.69, 9.17) is 0 Å². The van der Waals surface area contributed by atoms with Gasteiger partial charge in [-0.3, -0.25) is 23.7 Å². The summed E-state index contributed by atoms with van der Waals surface area (Å²) in [6.45, 7) is 1.80. The van der Waals surface area contributed by atoms with Crippen molar-refractivity contribution < 1.29 is 27.6 Å². The van der Waals surface area contributed by atoms with Crippen molar-refractivity contribution in [1.82, 2.24) is 34.4 Å². The first kappa shape index (κ1) is 26.8. The predicted molar refractivity (Wildman–Crippen MR) is 140 cm³/mol. The number of aryl methyl sites for hydroxylation is 1. The van der Waals surface area contributed by atoms with E-state index in [2.05, 4.69) is 20.2 Å². The third-order valence-corrected chi connectivity index (χ3v) is 7.64. The summed E-state index contributed by atoms with van der Waals surface area (Å²) in [6, 6.07) is 6.12. The first-order valence-electron chi connectivity index (χ1n) is 13.2. The highest BCUT2D eigenvalue weighted by molar-refractivity contribution is 6.06. The topological polar surface area (TPSA) is 116 Å². The van der Waals surface area contributed by atoms with Crippen LogP contribution in [0.1, 0.15) is 41.8 Å². The third-order valence-electron chi connectivity index (χ3n) is 7.64. The lowest BCUT2D eigenvalue weighted by Gasteiger charge is -2.26. The van der Waals surface area contributed by atoms with Crippen molar-refractivity contribution in [2.24, 2.45) is 5.92 Å². The van der Waals surface area contributed by atoms with E-state index in [9.17, 15) is 27.6 Å². The lowest BCUT2D eigenvalue weighted by molar-refractivity contribution is -0.142. The summed E-state index contributed by atoms with van der Waals surface area (Å²) in [5.41, 5.74) is 2.64. The molecule has 212 valence electrons. The second-order valence-corrected chi connectivity index (χ2v) is 10.7. The molecule has 1 amide bonds. The van der Waals surface area contributed by atoms with Crippen molar-refractivity contribution in [3.8, 4) is 11.1 Å². The molecular formula is C28H26F3N7O3. The molecule has 1 aliphatic heterocycles. The fraction of sp³-hybridized carbons (Fsp3) is 0.393. The summed E-state index contributed by atoms with van der Waals surface area (Å²) < 4.78 is 40.3. The molecule has 4 aromatic rings. The van der Waals surface area contributed by atoms with Crippen LogP contribution in [0.2, 0.25) is 0 Å². The van der Waals surface area contributed by atoms with Gasteiger partial charge >= 0.3 is 6.18 Å². The molecule has 1 saturated carbocycles. The van der Waals surface area contributed by atoms with Gasteiger partial charge in [0.2, 0.25) is 5.91 Å². The number of alkyl halides is 3. The Morgan fingerprint density at radius 1 is 1.02 bits per heavy atom. The van der Waals surface area contributed by atoms with Crippen LogP contribution in [-0.2, 0) is 29.1 Å². The second-order valence-electron chi connectivity index (χ2n) is 10.7. The van der Waals surface area contributed by atoms with Gasteiger partial charge in [0.1, 0.15) is 24.6 Å². The molecule has 0 spiro atoms. The summed E-state index contributed by atoms with van der Waals surface area (Å²) >= 11 is 0. The first-order valence-corrected chi connectivity index (χ1v) is 13.2. The number of likely N-dealkylation sites (tertiary alicyclic amines) is 1. The lowest BCUT2D eigenvalue weighted by atomic mass is 10.0. The fourth-order valence-electron chi connectivity index (χ4n) is 5.66. The van der Waals surface area contributed by atoms with Crippen LogP contribution in [0.5, 0.6) is 0 Å². The Balaban J connectivity index is 1.22. The zero-order valence-electron chi connectivity index (χ0n) is 22.3. The standard InChI is InChI=1S/C28H26F3N7O3/c1-15(39)27-21-7-17(19-11-32-16(2)33-12-19)3-4-22(21)37(35-27)13-26(41)38-23-8-18(23)9-24(38)25(40)10-20-5-6-36(34-20)14-28(29,30)31/h3-7,11-12,18,23-24H,8-10,13-14H2,1-2H3/t18-,23-,24+/m1/s1. The van der Waals surface area contributed by atoms with E-state index in [1.807, 2.05) is 12.1 Å². The second kappa shape index (κ2) is 9.89. The average molecular weight is 566 g/mol. The normalized spacial score (nSPS) is 19.9. The molecule has 3 atom stereocenters. The number of hydrogen-bond donors (Lipinski definition) is 0. The Morgan fingerprint density at radius 3 is 2.49 bits per heavy atom. The number of carbonyl (C=O) groups excluding carboxylic acids is 3. The molecule has 1 saturated heterocycles. The minimum atomic E-state index is -4.42. The van der Waals surface area contributed by atoms with Gasteiger partial charge in [0.05, 0.1) is 23.7 Å². The molecule has 0 bridgehead atoms. The van der Waals surface area contributed by atoms with Crippen LogP contribution in [0.15, 0.2) is 42.9 Å². The maximum Gasteiger partial charge on any atom is 0.408 e. The van der Waals surface area contributed by atoms with E-state index in [1.165, 1.54) is 23.9 Å². The van der Waals surface area contributed by atoms with Crippen molar-refractivity contribution in [3.63, 3.8) is 0 Å². The van der Waals surface area contributed by atoms with Gasteiger partial charge in [0.15, 0.2) is 11.6 Å². The number of fused-ring (bicyclic) bond motifs is 2. The Morgan fingerprint density at radius 2 is 1.78 bits per heavy atom. The molecule has 1 aromatic carbocycles. The average Bonchev–Trinajstić information content (AvgIpc) is 3.20. The van der Waals surface area contributed by atoms with Crippen LogP contribution in [0.4, 0.5) is 13.2 Å². The minimum absolute atomic E-state index is 0.0542. The zero-order valence-corrected chi connectivity index (χ0v) is 22.3. The Labute approximate surface area is 232 Å². The molecule has 2 fully saturated rings. The molecule has 2 aliphatic rings. The molecule has 0 unspecified atom stereocenters. The number of rotatable bonds is 8. The number of carbonyl (C=O) groups is 3. The van der Waals surface area contributed by atoms with Crippen molar-refractivity contribution in [3.05, 3.63) is 60.1 Å². The SMILES string of the molecule is CC(=O)c1nn(CC(=O)N2[C@@H]3C[C@@H]3C[C@H]2C(=O)Cc2ccn(CC(F)(F)F)n2)c2ccc(-c3cnc(C)nc3)cc12. The largest absolute Gasteiger partial charge is 0.408 e. The number of ketones is 2. The number of amides is 1. The quantitative estimate of drug-likeness (QED) is 0.300. The fourth-order valence-corrected chi connectivity index (χ4v) is 5.66. The van der Waals surface area contributed by atoms with Gasteiger partial charge in [0.25, 0.3) is 0 Å². The molecule has 10 nitrogen and oxygen atoms in total. The molecule has 3 aromatic heterocycles. The third kappa shape index (κ3) is 5.35. The van der Waals surface area contributed by atoms with Crippen molar-refractivity contribution in [2.75, 3.05) is 0 Å². The number of hydrogen-bond acceptors (Lipinski definition) is 7. The molecular weight excluding hydrogens is 539 g/mol. The number of Topliss-reactive ketones (excluding diaryl/α,β-unsaturated/α-hetero) is 2. The van der Waals surface area contributed by atoms with E-state index in [-0.39, 0.29) is 53.8 Å². The van der Waals surface area contributed by atoms with Gasteiger partial charge in [-0.1, -0.05) is 6.07 Å². The van der Waals surface area contributed by atoms with Gasteiger partial charge in [-0.15, -0.1) is 0 Å². The van der Waals surface area contributed by atoms with Gasteiger partial charge in [-0.05, 0) is 49.4 Å². The Bertz CT molecular complexity index is 1680. The summed E-state index contributed by atoms with van der Waals surface area (Å²) in [4.78, 5) is 49.3. The minimum Gasteiger partial charge on any atom is -0.328 e. The van der Waals surface area contributed by atoms with Crippen molar-refractivity contribution in [2.45, 2.75) is 64.5 Å². The van der Waals surface area contributed by atoms with Crippen LogP contribution in [-0.4, -0.2) is 70.2 Å². The van der Waals surface area contributed by atoms with E-state index < -0.39 is 18.8 Å². The van der Waals surface area contributed by atoms with Gasteiger partial charge in [0, 0.05) is 42.5 Å². The number of nitrogens with zero attached hydrogens (tertiary/aromatic N) is 7. The number of halogens is 3. The number of piperidine rings is 1. The Kier molecular flexibility index (Phi) is 6.46. The van der Waals surface area contributed by atoms with Crippen LogP contribution >= 0.6 is 0 Å². The van der Waals surface area contributed by atoms with Crippen LogP contribution in [0.25, 0.3) is 22.0 Å². The molecule has 0 radical (unpaired) electrons. The van der Waals surface area contributed by atoms with E-state index >= 15 is 0 Å². The van der Waals surface area contributed by atoms with E-state index in [0.29, 0.717) is 23.1 Å². The molecule has 4 heterocycles. The maximum absolute atomic E-state index is 13.6. The summed E-state index contributed by atoms with van der Waals surface area (Å²) in [5.74, 6) is 0.0457. The van der Waals surface area contributed by atoms with Crippen molar-refractivity contribution >= 4 is 28.4 Å². The summed E-state index contributed by atoms with van der Waals surface area (Å²) in [7, 11) is 0. The molecule has 6 rings (SSSR count). The van der Waals surface area contributed by atoms with Gasteiger partial charge < -0.3 is 4.90 Å². The van der Waals surface area contributed by atoms with Crippen LogP contribution < -0.4 is 0 Å². The van der Waals surface area contributed by atoms with Crippen molar-refractivity contribution in [1.29, 1.82) is 0 Å². The van der Waals surface area contributed by atoms with Crippen LogP contribution in [0.3, 0.4) is 0 Å². The van der Waals surface area contributed by atoms with Gasteiger partial charge in [-0.2, -0.15) is 23.4 Å². The highest BCUT2D eigenvalue weighted by Gasteiger charge is 2.55. The first-order chi connectivity index (χ1) is 19.5. The molecule has 13 heteroatoms. The van der Waals surface area contributed by atoms with E-state index in [0.717, 1.165) is 22.2 Å². The highest BCUT2D eigenvalue weighted by Crippen LogP contribution is 2.48. The maximum atomic E-state index is 13.6. The van der Waals surface area contributed by atoms with Crippen LogP contribution in [0, 0.1) is 12.8 Å². The number of benzene rings is 1. The highest BCUT2D eigenvalue weighted by atomic mass is 19.4. The molecule has 0 N–H and O–H groups in total. The summed E-state index contributed by atoms with van der Waals surface area (Å²) in [6.07, 6.45) is 1.32. The van der Waals surface area contributed by atoms with Gasteiger partial charge in [-0.25, -0.2) is 9.97 Å². The lowest BCUT2D eigenvalue weighted by Crippen LogP contribution is -2.45. The Hall–Kier alpha value is -4.42. The zero-order chi connectivity index (χ0) is 29.1. The predicted octanol–water partition coefficient (Wildman–Crippen LogP) is 3.56. The smallest absolute Gasteiger partial charge is 0.328 e. The molecule has 41 heavy (non-hydrogen) atoms. The number of aromatic nitrogens is 6.